The Bertz CT molecular complexity index is 404. The minimum atomic E-state index is -1.18. The lowest BCUT2D eigenvalue weighted by Crippen LogP contribution is -2.45. The average molecular weight is 386 g/mol. The van der Waals surface area contributed by atoms with Crippen LogP contribution in [-0.2, 0) is 14.3 Å². The third kappa shape index (κ3) is 18.0. The van der Waals surface area contributed by atoms with E-state index in [4.69, 9.17) is 4.74 Å². The van der Waals surface area contributed by atoms with Crippen LogP contribution >= 0.6 is 0 Å². The second kappa shape index (κ2) is 14.9. The highest BCUT2D eigenvalue weighted by molar-refractivity contribution is 5.70. The molecule has 0 rings (SSSR count). The van der Waals surface area contributed by atoms with Crippen molar-refractivity contribution in [2.45, 2.75) is 97.0 Å². The van der Waals surface area contributed by atoms with Gasteiger partial charge in [-0.2, -0.15) is 0 Å². The summed E-state index contributed by atoms with van der Waals surface area (Å²) in [7, 11) is 5.84. The van der Waals surface area contributed by atoms with Crippen LogP contribution in [0.3, 0.4) is 0 Å². The summed E-state index contributed by atoms with van der Waals surface area (Å²) in [4.78, 5) is 22.9. The normalized spacial score (nSPS) is 14.0. The van der Waals surface area contributed by atoms with Crippen LogP contribution in [0.5, 0.6) is 0 Å². The standard InChI is InChI=1S/C22H43NO4/c1-6-7-8-9-11-14-19(2)15-12-10-13-16-22(26)27-20(17-21(24)25)18-23(3,4)5/h19-20H,6-18H2,1-5H3. The molecule has 0 heterocycles. The second-order valence-corrected chi connectivity index (χ2v) is 9.07. The number of esters is 1. The van der Waals surface area contributed by atoms with Gasteiger partial charge in [0.2, 0.25) is 0 Å². The molecule has 0 N–H and O–H groups in total. The fourth-order valence-electron chi connectivity index (χ4n) is 3.36. The predicted molar refractivity (Wildman–Crippen MR) is 108 cm³/mol. The number of quaternary nitrogens is 1. The van der Waals surface area contributed by atoms with Gasteiger partial charge in [-0.05, 0) is 12.3 Å². The molecule has 5 heteroatoms. The van der Waals surface area contributed by atoms with Gasteiger partial charge in [-0.15, -0.1) is 0 Å². The summed E-state index contributed by atoms with van der Waals surface area (Å²) in [6.45, 7) is 5.03. The molecule has 0 aromatic heterocycles. The van der Waals surface area contributed by atoms with E-state index in [-0.39, 0.29) is 12.4 Å². The molecule has 160 valence electrons. The van der Waals surface area contributed by atoms with Gasteiger partial charge < -0.3 is 19.1 Å². The first-order chi connectivity index (χ1) is 12.6. The summed E-state index contributed by atoms with van der Waals surface area (Å²) in [6, 6.07) is 0. The summed E-state index contributed by atoms with van der Waals surface area (Å²) in [5.41, 5.74) is 0. The Balaban J connectivity index is 3.86. The maximum absolute atomic E-state index is 12.0. The molecule has 0 radical (unpaired) electrons. The number of ether oxygens (including phenoxy) is 1. The number of carboxylic acid groups (broad SMARTS) is 1. The van der Waals surface area contributed by atoms with Crippen LogP contribution in [0.2, 0.25) is 0 Å². The Morgan fingerprint density at radius 1 is 0.926 bits per heavy atom. The number of hydrogen-bond acceptors (Lipinski definition) is 4. The Morgan fingerprint density at radius 3 is 2.00 bits per heavy atom. The minimum absolute atomic E-state index is 0.239. The molecule has 0 aliphatic heterocycles. The average Bonchev–Trinajstić information content (AvgIpc) is 2.52. The number of carbonyl (C=O) groups is 2. The third-order valence-corrected chi connectivity index (χ3v) is 4.82. The molecule has 0 aliphatic carbocycles. The van der Waals surface area contributed by atoms with Gasteiger partial charge in [0.25, 0.3) is 0 Å². The molecular weight excluding hydrogens is 342 g/mol. The number of carboxylic acids is 1. The zero-order valence-electron chi connectivity index (χ0n) is 18.4. The summed E-state index contributed by atoms with van der Waals surface area (Å²) in [5, 5.41) is 10.9. The molecule has 2 unspecified atom stereocenters. The first-order valence-electron chi connectivity index (χ1n) is 10.8. The molecule has 0 amide bonds. The molecule has 0 aliphatic rings. The van der Waals surface area contributed by atoms with Crippen molar-refractivity contribution in [3.05, 3.63) is 0 Å². The molecule has 0 bridgehead atoms. The number of carbonyl (C=O) groups excluding carboxylic acids is 2. The van der Waals surface area contributed by atoms with Gasteiger partial charge in [0.05, 0.1) is 21.1 Å². The van der Waals surface area contributed by atoms with E-state index in [2.05, 4.69) is 13.8 Å². The third-order valence-electron chi connectivity index (χ3n) is 4.82. The van der Waals surface area contributed by atoms with E-state index in [1.165, 1.54) is 44.9 Å². The molecule has 0 spiro atoms. The van der Waals surface area contributed by atoms with Crippen LogP contribution in [0.25, 0.3) is 0 Å². The van der Waals surface area contributed by atoms with Crippen LogP contribution in [0, 0.1) is 5.92 Å². The van der Waals surface area contributed by atoms with E-state index in [1.807, 2.05) is 21.1 Å². The van der Waals surface area contributed by atoms with Crippen molar-refractivity contribution in [1.29, 1.82) is 0 Å². The summed E-state index contributed by atoms with van der Waals surface area (Å²) >= 11 is 0. The molecule has 0 aromatic carbocycles. The smallest absolute Gasteiger partial charge is 0.306 e. The summed E-state index contributed by atoms with van der Waals surface area (Å²) in [5.74, 6) is -0.709. The van der Waals surface area contributed by atoms with Crippen LogP contribution in [0.1, 0.15) is 90.9 Å². The largest absolute Gasteiger partial charge is 0.550 e. The highest BCUT2D eigenvalue weighted by Gasteiger charge is 2.22. The van der Waals surface area contributed by atoms with Crippen molar-refractivity contribution < 1.29 is 23.9 Å². The Kier molecular flexibility index (Phi) is 14.3. The van der Waals surface area contributed by atoms with E-state index >= 15 is 0 Å². The van der Waals surface area contributed by atoms with Gasteiger partial charge in [0.1, 0.15) is 6.54 Å². The Morgan fingerprint density at radius 2 is 1.48 bits per heavy atom. The monoisotopic (exact) mass is 385 g/mol. The number of unbranched alkanes of at least 4 members (excludes halogenated alkanes) is 6. The highest BCUT2D eigenvalue weighted by atomic mass is 16.5. The molecule has 2 atom stereocenters. The Hall–Kier alpha value is -1.10. The minimum Gasteiger partial charge on any atom is -0.550 e. The molecule has 0 aromatic rings. The van der Waals surface area contributed by atoms with Gasteiger partial charge >= 0.3 is 5.97 Å². The van der Waals surface area contributed by atoms with Crippen molar-refractivity contribution in [3.63, 3.8) is 0 Å². The quantitative estimate of drug-likeness (QED) is 0.218. The highest BCUT2D eigenvalue weighted by Crippen LogP contribution is 2.18. The predicted octanol–water partition coefficient (Wildman–Crippen LogP) is 3.69. The molecule has 0 saturated carbocycles. The molecule has 0 saturated heterocycles. The number of aliphatic carboxylic acids is 1. The fourth-order valence-corrected chi connectivity index (χ4v) is 3.36. The zero-order valence-corrected chi connectivity index (χ0v) is 18.4. The van der Waals surface area contributed by atoms with Crippen molar-refractivity contribution in [2.24, 2.45) is 5.92 Å². The zero-order chi connectivity index (χ0) is 20.7. The van der Waals surface area contributed by atoms with Crippen molar-refractivity contribution in [3.8, 4) is 0 Å². The lowest BCUT2D eigenvalue weighted by atomic mass is 9.96. The van der Waals surface area contributed by atoms with Crippen LogP contribution in [-0.4, -0.2) is 50.2 Å². The molecular formula is C22H43NO4. The van der Waals surface area contributed by atoms with E-state index in [0.29, 0.717) is 17.4 Å². The van der Waals surface area contributed by atoms with Crippen LogP contribution < -0.4 is 5.11 Å². The number of likely N-dealkylation sites (N-methyl/N-ethyl adjacent to an activating group) is 1. The fraction of sp³-hybridized carbons (Fsp3) is 0.909. The Labute approximate surface area is 167 Å². The van der Waals surface area contributed by atoms with Crippen LogP contribution in [0.4, 0.5) is 0 Å². The van der Waals surface area contributed by atoms with Gasteiger partial charge in [0.15, 0.2) is 6.10 Å². The SMILES string of the molecule is CCCCCCCC(C)CCCCCC(=O)OC(CC(=O)[O-])C[N+](C)(C)C. The number of hydrogen-bond donors (Lipinski definition) is 0. The second-order valence-electron chi connectivity index (χ2n) is 9.07. The summed E-state index contributed by atoms with van der Waals surface area (Å²) < 4.78 is 5.92. The molecule has 5 nitrogen and oxygen atoms in total. The van der Waals surface area contributed by atoms with Gasteiger partial charge in [-0.1, -0.05) is 71.6 Å². The lowest BCUT2D eigenvalue weighted by molar-refractivity contribution is -0.873. The number of nitrogens with zero attached hydrogens (tertiary/aromatic N) is 1. The van der Waals surface area contributed by atoms with Gasteiger partial charge in [-0.3, -0.25) is 4.79 Å². The van der Waals surface area contributed by atoms with Gasteiger partial charge in [0, 0.05) is 18.8 Å². The van der Waals surface area contributed by atoms with E-state index in [9.17, 15) is 14.7 Å². The van der Waals surface area contributed by atoms with Crippen LogP contribution in [0.15, 0.2) is 0 Å². The van der Waals surface area contributed by atoms with Crippen molar-refractivity contribution >= 4 is 11.9 Å². The van der Waals surface area contributed by atoms with Gasteiger partial charge in [-0.25, -0.2) is 0 Å². The topological polar surface area (TPSA) is 66.4 Å². The molecule has 0 fully saturated rings. The molecule has 27 heavy (non-hydrogen) atoms. The first-order valence-corrected chi connectivity index (χ1v) is 10.8. The van der Waals surface area contributed by atoms with E-state index in [1.54, 1.807) is 0 Å². The lowest BCUT2D eigenvalue weighted by Gasteiger charge is -2.29. The first kappa shape index (κ1) is 25.9. The maximum Gasteiger partial charge on any atom is 0.306 e. The van der Waals surface area contributed by atoms with Crippen molar-refractivity contribution in [2.75, 3.05) is 27.7 Å². The maximum atomic E-state index is 12.0. The van der Waals surface area contributed by atoms with E-state index < -0.39 is 12.1 Å². The summed E-state index contributed by atoms with van der Waals surface area (Å²) in [6.07, 6.45) is 11.7. The number of rotatable bonds is 17. The van der Waals surface area contributed by atoms with E-state index in [0.717, 1.165) is 25.2 Å². The van der Waals surface area contributed by atoms with Crippen molar-refractivity contribution in [1.82, 2.24) is 0 Å².